The number of carboxylic acid groups (broad SMARTS) is 4. The molecule has 0 bridgehead atoms. The Labute approximate surface area is 270 Å². The van der Waals surface area contributed by atoms with Crippen molar-refractivity contribution in [3.05, 3.63) is 74.4 Å². The van der Waals surface area contributed by atoms with Crippen LogP contribution in [-0.2, 0) is 14.4 Å². The Bertz CT molecular complexity index is 1920. The van der Waals surface area contributed by atoms with Crippen molar-refractivity contribution in [3.63, 3.8) is 0 Å². The first-order chi connectivity index (χ1) is 22.2. The number of amides is 1. The second-order valence-electron chi connectivity index (χ2n) is 10.8. The number of aliphatic carboxylic acids is 3. The number of fused-ring (bicyclic) bond motifs is 2. The van der Waals surface area contributed by atoms with Gasteiger partial charge < -0.3 is 35.3 Å². The lowest BCUT2D eigenvalue weighted by Crippen LogP contribution is -2.46. The maximum Gasteiger partial charge on any atom is 0.336 e. The molecule has 1 heterocycles. The fraction of sp³-hybridized carbons (Fsp3) is 0.250. The van der Waals surface area contributed by atoms with Crippen LogP contribution in [0.1, 0.15) is 45.5 Å². The Hall–Kier alpha value is -5.47. The number of rotatable bonds is 14. The fourth-order valence-corrected chi connectivity index (χ4v) is 5.42. The largest absolute Gasteiger partial charge is 0.508 e. The summed E-state index contributed by atoms with van der Waals surface area (Å²) < 4.78 is 5.87. The minimum Gasteiger partial charge on any atom is -0.508 e. The zero-order valence-electron chi connectivity index (χ0n) is 24.8. The summed E-state index contributed by atoms with van der Waals surface area (Å²) in [6.45, 7) is 0.141. The average Bonchev–Trinajstić information content (AvgIpc) is 2.98. The molecular formula is C32H29ClN2O12. The molecule has 0 radical (unpaired) electrons. The first kappa shape index (κ1) is 34.4. The van der Waals surface area contributed by atoms with E-state index < -0.39 is 54.3 Å². The van der Waals surface area contributed by atoms with Gasteiger partial charge in [0.05, 0.1) is 23.7 Å². The lowest BCUT2D eigenvalue weighted by Gasteiger charge is -2.25. The molecule has 15 heteroatoms. The molecule has 1 amide bonds. The summed E-state index contributed by atoms with van der Waals surface area (Å²) in [7, 11) is 0. The first-order valence-corrected chi connectivity index (χ1v) is 14.5. The SMILES string of the molecule is Cc1cc2c(-c3cc(C(=O)NCCCCC(C(=O)O)N(CC(=O)O)CC(=O)O)ccc3C(=O)O)c3cc(Cl)c(=O)cc-3oc2cc1O. The van der Waals surface area contributed by atoms with Gasteiger partial charge in [0.1, 0.15) is 23.1 Å². The summed E-state index contributed by atoms with van der Waals surface area (Å²) in [6.07, 6.45) is 0.388. The summed E-state index contributed by atoms with van der Waals surface area (Å²) in [5, 5.41) is 51.0. The number of aryl methyl sites for hydroxylation is 1. The van der Waals surface area contributed by atoms with E-state index >= 15 is 0 Å². The molecule has 1 aliphatic heterocycles. The number of nitrogens with one attached hydrogen (secondary N) is 1. The number of aromatic carboxylic acids is 1. The van der Waals surface area contributed by atoms with Gasteiger partial charge >= 0.3 is 23.9 Å². The molecule has 4 rings (SSSR count). The quantitative estimate of drug-likeness (QED) is 0.0831. The summed E-state index contributed by atoms with van der Waals surface area (Å²) in [5.41, 5.74) is 0.657. The smallest absolute Gasteiger partial charge is 0.336 e. The number of nitrogens with zero attached hydrogens (tertiary/aromatic N) is 1. The highest BCUT2D eigenvalue weighted by molar-refractivity contribution is 6.31. The Balaban J connectivity index is 1.62. The number of unbranched alkanes of at least 4 members (excludes halogenated alkanes) is 1. The molecule has 0 saturated heterocycles. The van der Waals surface area contributed by atoms with Crippen molar-refractivity contribution in [1.29, 1.82) is 0 Å². The highest BCUT2D eigenvalue weighted by Crippen LogP contribution is 2.43. The van der Waals surface area contributed by atoms with Gasteiger partial charge in [0.15, 0.2) is 0 Å². The molecule has 6 N–H and O–H groups in total. The molecule has 0 fully saturated rings. The van der Waals surface area contributed by atoms with Gasteiger partial charge in [0.25, 0.3) is 5.91 Å². The predicted molar refractivity (Wildman–Crippen MR) is 167 cm³/mol. The third kappa shape index (κ3) is 7.85. The average molecular weight is 669 g/mol. The molecule has 0 saturated carbocycles. The number of halogens is 1. The van der Waals surface area contributed by atoms with E-state index in [4.69, 9.17) is 26.2 Å². The number of carbonyl (C=O) groups is 5. The van der Waals surface area contributed by atoms with Crippen molar-refractivity contribution in [2.75, 3.05) is 19.6 Å². The molecule has 246 valence electrons. The number of carbonyl (C=O) groups excluding carboxylic acids is 1. The number of hydrogen-bond acceptors (Lipinski definition) is 9. The maximum absolute atomic E-state index is 13.2. The van der Waals surface area contributed by atoms with E-state index in [2.05, 4.69) is 5.32 Å². The molecule has 2 aliphatic rings. The van der Waals surface area contributed by atoms with E-state index in [1.54, 1.807) is 13.0 Å². The van der Waals surface area contributed by atoms with E-state index in [-0.39, 0.29) is 64.6 Å². The highest BCUT2D eigenvalue weighted by atomic mass is 35.5. The summed E-state index contributed by atoms with van der Waals surface area (Å²) in [5.74, 6) is -6.05. The summed E-state index contributed by atoms with van der Waals surface area (Å²) in [6, 6.07) is 7.97. The predicted octanol–water partition coefficient (Wildman–Crippen LogP) is 3.75. The molecule has 1 aliphatic carbocycles. The lowest BCUT2D eigenvalue weighted by atomic mass is 9.89. The number of hydrogen-bond donors (Lipinski definition) is 6. The van der Waals surface area contributed by atoms with Gasteiger partial charge in [-0.3, -0.25) is 28.9 Å². The van der Waals surface area contributed by atoms with Crippen LogP contribution in [0.4, 0.5) is 0 Å². The number of aromatic hydroxyl groups is 1. The first-order valence-electron chi connectivity index (χ1n) is 14.1. The zero-order chi connectivity index (χ0) is 34.6. The second-order valence-corrected chi connectivity index (χ2v) is 11.2. The summed E-state index contributed by atoms with van der Waals surface area (Å²) in [4.78, 5) is 72.7. The topological polar surface area (TPSA) is 232 Å². The standard InChI is InChI=1S/C32H29ClN2O12/c1-15-8-19-25(11-23(15)36)47-26-12-24(37)21(33)10-20(26)29(19)18-9-16(5-6-17(18)31(43)44)30(42)34-7-3-2-4-22(32(45)46)35(13-27(38)39)14-28(40)41/h5-6,8-12,22,36H,2-4,7,13-14H2,1H3,(H,34,42)(H,38,39)(H,40,41)(H,43,44)(H,45,46). The van der Waals surface area contributed by atoms with Crippen LogP contribution in [0.5, 0.6) is 5.75 Å². The number of phenolic OH excluding ortho intramolecular Hbond substituents is 1. The van der Waals surface area contributed by atoms with Crippen molar-refractivity contribution in [2.24, 2.45) is 0 Å². The molecular weight excluding hydrogens is 640 g/mol. The van der Waals surface area contributed by atoms with Crippen molar-refractivity contribution in [2.45, 2.75) is 32.2 Å². The molecule has 0 spiro atoms. The van der Waals surface area contributed by atoms with Crippen LogP contribution in [0, 0.1) is 6.92 Å². The molecule has 1 atom stereocenters. The molecule has 1 unspecified atom stereocenters. The van der Waals surface area contributed by atoms with Crippen LogP contribution in [0.15, 0.2) is 51.7 Å². The van der Waals surface area contributed by atoms with Gasteiger partial charge in [0.2, 0.25) is 5.43 Å². The third-order valence-electron chi connectivity index (χ3n) is 7.46. The highest BCUT2D eigenvalue weighted by Gasteiger charge is 2.29. The molecule has 2 aromatic rings. The Morgan fingerprint density at radius 2 is 1.60 bits per heavy atom. The van der Waals surface area contributed by atoms with E-state index in [0.29, 0.717) is 22.1 Å². The normalized spacial score (nSPS) is 11.9. The van der Waals surface area contributed by atoms with Crippen LogP contribution in [-0.4, -0.2) is 85.9 Å². The molecule has 0 aromatic heterocycles. The zero-order valence-corrected chi connectivity index (χ0v) is 25.5. The van der Waals surface area contributed by atoms with Crippen molar-refractivity contribution in [3.8, 4) is 28.2 Å². The van der Waals surface area contributed by atoms with Crippen molar-refractivity contribution in [1.82, 2.24) is 10.2 Å². The van der Waals surface area contributed by atoms with Gasteiger partial charge in [-0.2, -0.15) is 0 Å². The number of carboxylic acids is 4. The summed E-state index contributed by atoms with van der Waals surface area (Å²) >= 11 is 6.16. The Morgan fingerprint density at radius 1 is 0.915 bits per heavy atom. The third-order valence-corrected chi connectivity index (χ3v) is 7.76. The van der Waals surface area contributed by atoms with Crippen molar-refractivity contribution >= 4 is 52.4 Å². The van der Waals surface area contributed by atoms with E-state index in [0.717, 1.165) is 11.0 Å². The van der Waals surface area contributed by atoms with Crippen LogP contribution in [0.25, 0.3) is 33.4 Å². The lowest BCUT2D eigenvalue weighted by molar-refractivity contribution is -0.149. The number of phenols is 1. The Morgan fingerprint density at radius 3 is 2.21 bits per heavy atom. The van der Waals surface area contributed by atoms with Crippen LogP contribution in [0.3, 0.4) is 0 Å². The van der Waals surface area contributed by atoms with E-state index in [1.807, 2.05) is 0 Å². The molecule has 47 heavy (non-hydrogen) atoms. The Kier molecular flexibility index (Phi) is 10.5. The monoisotopic (exact) mass is 668 g/mol. The maximum atomic E-state index is 13.2. The van der Waals surface area contributed by atoms with Crippen LogP contribution < -0.4 is 10.7 Å². The molecule has 2 aromatic carbocycles. The van der Waals surface area contributed by atoms with Gasteiger partial charge in [-0.15, -0.1) is 0 Å². The van der Waals surface area contributed by atoms with Gasteiger partial charge in [-0.05, 0) is 67.6 Å². The minimum absolute atomic E-state index is 0.0650. The fourth-order valence-electron chi connectivity index (χ4n) is 5.26. The van der Waals surface area contributed by atoms with Gasteiger partial charge in [-0.25, -0.2) is 4.79 Å². The minimum atomic E-state index is -1.38. The van der Waals surface area contributed by atoms with Crippen LogP contribution in [0.2, 0.25) is 5.02 Å². The van der Waals surface area contributed by atoms with Crippen LogP contribution >= 0.6 is 11.6 Å². The number of benzene rings is 3. The van der Waals surface area contributed by atoms with E-state index in [1.165, 1.54) is 30.3 Å². The molecule has 14 nitrogen and oxygen atoms in total. The van der Waals surface area contributed by atoms with Gasteiger partial charge in [0, 0.05) is 40.8 Å². The second kappa shape index (κ2) is 14.3. The van der Waals surface area contributed by atoms with Gasteiger partial charge in [-0.1, -0.05) is 11.6 Å². The van der Waals surface area contributed by atoms with E-state index in [9.17, 15) is 44.1 Å². The van der Waals surface area contributed by atoms with Crippen molar-refractivity contribution < 1.29 is 53.9 Å².